The number of carbonyl (C=O) groups excluding carboxylic acids is 2. The number of rotatable bonds is 9. The molecule has 0 radical (unpaired) electrons. The minimum atomic E-state index is -0.597. The maximum absolute atomic E-state index is 12.3. The molecule has 0 fully saturated rings. The van der Waals surface area contributed by atoms with Gasteiger partial charge in [0.15, 0.2) is 0 Å². The topological polar surface area (TPSA) is 75.4 Å². The lowest BCUT2D eigenvalue weighted by Gasteiger charge is -2.22. The van der Waals surface area contributed by atoms with Crippen LogP contribution in [0.15, 0.2) is 43.0 Å². The third-order valence-electron chi connectivity index (χ3n) is 3.65. The molecule has 3 N–H and O–H groups in total. The van der Waals surface area contributed by atoms with E-state index < -0.39 is 6.04 Å². The average molecular weight is 317 g/mol. The maximum Gasteiger partial charge on any atom is 0.242 e. The highest BCUT2D eigenvalue weighted by molar-refractivity contribution is 5.87. The molecule has 2 amide bonds. The molecule has 0 aliphatic rings. The van der Waals surface area contributed by atoms with E-state index in [4.69, 9.17) is 5.73 Å². The summed E-state index contributed by atoms with van der Waals surface area (Å²) in [4.78, 5) is 25.8. The van der Waals surface area contributed by atoms with Crippen LogP contribution in [0.25, 0.3) is 0 Å². The van der Waals surface area contributed by atoms with Gasteiger partial charge in [-0.1, -0.05) is 50.3 Å². The van der Waals surface area contributed by atoms with E-state index in [1.54, 1.807) is 11.0 Å². The molecule has 23 heavy (non-hydrogen) atoms. The molecule has 126 valence electrons. The minimum Gasteiger partial charge on any atom is -0.346 e. The molecule has 0 saturated carbocycles. The molecular formula is C18H27N3O2. The Morgan fingerprint density at radius 1 is 1.30 bits per heavy atom. The average Bonchev–Trinajstić information content (AvgIpc) is 2.56. The van der Waals surface area contributed by atoms with E-state index >= 15 is 0 Å². The highest BCUT2D eigenvalue weighted by atomic mass is 16.2. The molecule has 5 heteroatoms. The lowest BCUT2D eigenvalue weighted by Crippen LogP contribution is -2.48. The Morgan fingerprint density at radius 3 is 2.52 bits per heavy atom. The first-order chi connectivity index (χ1) is 11.0. The van der Waals surface area contributed by atoms with Crippen molar-refractivity contribution in [2.45, 2.75) is 26.3 Å². The van der Waals surface area contributed by atoms with Crippen molar-refractivity contribution in [1.82, 2.24) is 10.2 Å². The van der Waals surface area contributed by atoms with Gasteiger partial charge in [0.05, 0.1) is 12.6 Å². The van der Waals surface area contributed by atoms with Crippen LogP contribution in [0, 0.1) is 5.92 Å². The van der Waals surface area contributed by atoms with Crippen LogP contribution in [-0.2, 0) is 16.0 Å². The summed E-state index contributed by atoms with van der Waals surface area (Å²) in [6, 6.07) is 9.37. The van der Waals surface area contributed by atoms with Gasteiger partial charge < -0.3 is 16.0 Å². The fraction of sp³-hybridized carbons (Fsp3) is 0.444. The van der Waals surface area contributed by atoms with Crippen molar-refractivity contribution in [3.05, 3.63) is 48.6 Å². The quantitative estimate of drug-likeness (QED) is 0.675. The van der Waals surface area contributed by atoms with Gasteiger partial charge in [-0.25, -0.2) is 0 Å². The summed E-state index contributed by atoms with van der Waals surface area (Å²) in [6.07, 6.45) is 2.45. The molecule has 0 aliphatic carbocycles. The Bertz CT molecular complexity index is 514. The molecule has 0 aliphatic heterocycles. The van der Waals surface area contributed by atoms with Gasteiger partial charge in [0.25, 0.3) is 0 Å². The Hall–Kier alpha value is -2.14. The molecule has 0 unspecified atom stereocenters. The van der Waals surface area contributed by atoms with Crippen molar-refractivity contribution < 1.29 is 9.59 Å². The number of nitrogens with two attached hydrogens (primary N) is 1. The number of benzene rings is 1. The third kappa shape index (κ3) is 6.65. The predicted molar refractivity (Wildman–Crippen MR) is 92.7 cm³/mol. The van der Waals surface area contributed by atoms with Gasteiger partial charge in [-0.3, -0.25) is 9.59 Å². The number of hydrogen-bond acceptors (Lipinski definition) is 3. The van der Waals surface area contributed by atoms with Gasteiger partial charge in [-0.15, -0.1) is 6.58 Å². The molecule has 1 atom stereocenters. The summed E-state index contributed by atoms with van der Waals surface area (Å²) in [5, 5.41) is 2.61. The lowest BCUT2D eigenvalue weighted by molar-refractivity contribution is -0.133. The smallest absolute Gasteiger partial charge is 0.242 e. The molecule has 0 saturated heterocycles. The Morgan fingerprint density at radius 2 is 1.96 bits per heavy atom. The van der Waals surface area contributed by atoms with Crippen LogP contribution in [0.1, 0.15) is 19.4 Å². The third-order valence-corrected chi connectivity index (χ3v) is 3.65. The van der Waals surface area contributed by atoms with Gasteiger partial charge in [-0.2, -0.15) is 0 Å². The van der Waals surface area contributed by atoms with Crippen LogP contribution in [-0.4, -0.2) is 42.4 Å². The molecular weight excluding hydrogens is 290 g/mol. The molecule has 5 nitrogen and oxygen atoms in total. The minimum absolute atomic E-state index is 0.0347. The Balaban J connectivity index is 2.50. The second-order valence-corrected chi connectivity index (χ2v) is 5.85. The van der Waals surface area contributed by atoms with E-state index in [0.29, 0.717) is 13.1 Å². The standard InChI is InChI=1S/C18H27N3O2/c1-4-11-21(12-10-15-8-6-5-7-9-15)16(22)13-20-18(23)17(19)14(2)3/h4-9,14,17H,1,10-13,19H2,2-3H3,(H,20,23)/t17-/m0/s1. The monoisotopic (exact) mass is 317 g/mol. The summed E-state index contributed by atoms with van der Waals surface area (Å²) in [5.74, 6) is -0.396. The van der Waals surface area contributed by atoms with E-state index in [-0.39, 0.29) is 24.3 Å². The highest BCUT2D eigenvalue weighted by Crippen LogP contribution is 2.02. The summed E-state index contributed by atoms with van der Waals surface area (Å²) in [5.41, 5.74) is 6.93. The second-order valence-electron chi connectivity index (χ2n) is 5.85. The molecule has 0 bridgehead atoms. The summed E-state index contributed by atoms with van der Waals surface area (Å²) in [6.45, 7) is 8.43. The van der Waals surface area contributed by atoms with Crippen molar-refractivity contribution >= 4 is 11.8 Å². The zero-order valence-electron chi connectivity index (χ0n) is 14.0. The number of carbonyl (C=O) groups is 2. The van der Waals surface area contributed by atoms with Crippen LogP contribution in [0.3, 0.4) is 0 Å². The number of amides is 2. The molecule has 0 heterocycles. The Kier molecular flexibility index (Phi) is 8.05. The van der Waals surface area contributed by atoms with Crippen LogP contribution in [0.5, 0.6) is 0 Å². The molecule has 0 aromatic heterocycles. The van der Waals surface area contributed by atoms with Crippen LogP contribution in [0.4, 0.5) is 0 Å². The van der Waals surface area contributed by atoms with Gasteiger partial charge in [0, 0.05) is 13.1 Å². The number of hydrogen-bond donors (Lipinski definition) is 2. The van der Waals surface area contributed by atoms with Crippen LogP contribution in [0.2, 0.25) is 0 Å². The molecule has 0 spiro atoms. The SMILES string of the molecule is C=CCN(CCc1ccccc1)C(=O)CNC(=O)[C@@H](N)C(C)C. The Labute approximate surface area is 138 Å². The van der Waals surface area contributed by atoms with E-state index in [1.807, 2.05) is 44.2 Å². The van der Waals surface area contributed by atoms with Gasteiger partial charge >= 0.3 is 0 Å². The summed E-state index contributed by atoms with van der Waals surface area (Å²) >= 11 is 0. The fourth-order valence-electron chi connectivity index (χ4n) is 2.08. The lowest BCUT2D eigenvalue weighted by atomic mass is 10.1. The zero-order valence-corrected chi connectivity index (χ0v) is 14.0. The summed E-state index contributed by atoms with van der Waals surface area (Å²) in [7, 11) is 0. The normalized spacial score (nSPS) is 11.8. The fourth-order valence-corrected chi connectivity index (χ4v) is 2.08. The first-order valence-electron chi connectivity index (χ1n) is 7.91. The first-order valence-corrected chi connectivity index (χ1v) is 7.91. The van der Waals surface area contributed by atoms with Crippen LogP contribution < -0.4 is 11.1 Å². The first kappa shape index (κ1) is 18.9. The van der Waals surface area contributed by atoms with E-state index in [0.717, 1.165) is 6.42 Å². The molecule has 1 aromatic rings. The van der Waals surface area contributed by atoms with Crippen molar-refractivity contribution in [1.29, 1.82) is 0 Å². The van der Waals surface area contributed by atoms with Crippen molar-refractivity contribution in [3.63, 3.8) is 0 Å². The van der Waals surface area contributed by atoms with Gasteiger partial charge in [-0.05, 0) is 17.9 Å². The van der Waals surface area contributed by atoms with E-state index in [1.165, 1.54) is 5.56 Å². The maximum atomic E-state index is 12.3. The second kappa shape index (κ2) is 9.79. The van der Waals surface area contributed by atoms with Crippen molar-refractivity contribution in [2.24, 2.45) is 11.7 Å². The van der Waals surface area contributed by atoms with Gasteiger partial charge in [0.2, 0.25) is 11.8 Å². The highest BCUT2D eigenvalue weighted by Gasteiger charge is 2.19. The van der Waals surface area contributed by atoms with Crippen molar-refractivity contribution in [3.8, 4) is 0 Å². The number of nitrogens with zero attached hydrogens (tertiary/aromatic N) is 1. The predicted octanol–water partition coefficient (Wildman–Crippen LogP) is 1.34. The van der Waals surface area contributed by atoms with E-state index in [9.17, 15) is 9.59 Å². The summed E-state index contributed by atoms with van der Waals surface area (Å²) < 4.78 is 0. The zero-order chi connectivity index (χ0) is 17.2. The molecule has 1 aromatic carbocycles. The van der Waals surface area contributed by atoms with Gasteiger partial charge in [0.1, 0.15) is 0 Å². The largest absolute Gasteiger partial charge is 0.346 e. The molecule has 1 rings (SSSR count). The number of nitrogens with one attached hydrogen (secondary N) is 1. The van der Waals surface area contributed by atoms with Crippen molar-refractivity contribution in [2.75, 3.05) is 19.6 Å². The van der Waals surface area contributed by atoms with Crippen LogP contribution >= 0.6 is 0 Å². The van der Waals surface area contributed by atoms with E-state index in [2.05, 4.69) is 11.9 Å².